The SMILES string of the molecule is Cc1ccc(NC(=O)CN2CCC(Cc3ccccc3)CC2)cc1S(=O)(=O)N(C)C.O=C(O)C(=O)O. The number of carboxylic acids is 2. The topological polar surface area (TPSA) is 144 Å². The highest BCUT2D eigenvalue weighted by Crippen LogP contribution is 2.23. The van der Waals surface area contributed by atoms with Gasteiger partial charge in [0.1, 0.15) is 0 Å². The number of carbonyl (C=O) groups is 3. The fourth-order valence-corrected chi connectivity index (χ4v) is 5.00. The van der Waals surface area contributed by atoms with Crippen LogP contribution in [-0.4, -0.2) is 79.4 Å². The number of amides is 1. The summed E-state index contributed by atoms with van der Waals surface area (Å²) in [6.07, 6.45) is 3.25. The van der Waals surface area contributed by atoms with Gasteiger partial charge in [-0.2, -0.15) is 0 Å². The van der Waals surface area contributed by atoms with Crippen molar-refractivity contribution in [2.45, 2.75) is 31.1 Å². The number of hydrogen-bond acceptors (Lipinski definition) is 6. The zero-order valence-electron chi connectivity index (χ0n) is 20.7. The summed E-state index contributed by atoms with van der Waals surface area (Å²) >= 11 is 0. The Morgan fingerprint density at radius 1 is 1.00 bits per heavy atom. The molecule has 0 aromatic heterocycles. The van der Waals surface area contributed by atoms with Crippen molar-refractivity contribution in [2.75, 3.05) is 39.0 Å². The fourth-order valence-electron chi connectivity index (χ4n) is 3.85. The summed E-state index contributed by atoms with van der Waals surface area (Å²) in [7, 11) is -0.551. The van der Waals surface area contributed by atoms with E-state index >= 15 is 0 Å². The molecule has 1 heterocycles. The van der Waals surface area contributed by atoms with Crippen molar-refractivity contribution in [1.82, 2.24) is 9.21 Å². The second kappa shape index (κ2) is 13.1. The van der Waals surface area contributed by atoms with Crippen molar-refractivity contribution < 1.29 is 33.0 Å². The Morgan fingerprint density at radius 3 is 2.11 bits per heavy atom. The molecule has 36 heavy (non-hydrogen) atoms. The lowest BCUT2D eigenvalue weighted by molar-refractivity contribution is -0.159. The largest absolute Gasteiger partial charge is 0.473 e. The summed E-state index contributed by atoms with van der Waals surface area (Å²) in [6.45, 7) is 3.88. The first-order chi connectivity index (χ1) is 16.9. The maximum atomic E-state index is 12.5. The molecule has 2 aromatic carbocycles. The van der Waals surface area contributed by atoms with Crippen LogP contribution in [0.5, 0.6) is 0 Å². The van der Waals surface area contributed by atoms with Crippen molar-refractivity contribution in [3.8, 4) is 0 Å². The summed E-state index contributed by atoms with van der Waals surface area (Å²) in [4.78, 5) is 33.1. The average Bonchev–Trinajstić information content (AvgIpc) is 2.82. The van der Waals surface area contributed by atoms with Crippen molar-refractivity contribution >= 4 is 33.6 Å². The molecule has 10 nitrogen and oxygen atoms in total. The first-order valence-electron chi connectivity index (χ1n) is 11.5. The smallest absolute Gasteiger partial charge is 0.414 e. The highest BCUT2D eigenvalue weighted by atomic mass is 32.2. The van der Waals surface area contributed by atoms with Crippen LogP contribution in [0, 0.1) is 12.8 Å². The summed E-state index contributed by atoms with van der Waals surface area (Å²) in [5, 5.41) is 17.6. The Labute approximate surface area is 211 Å². The minimum absolute atomic E-state index is 0.117. The fraction of sp³-hybridized carbons (Fsp3) is 0.400. The lowest BCUT2D eigenvalue weighted by Crippen LogP contribution is -2.39. The van der Waals surface area contributed by atoms with Crippen LogP contribution in [0.1, 0.15) is 24.0 Å². The predicted octanol–water partition coefficient (Wildman–Crippen LogP) is 2.29. The van der Waals surface area contributed by atoms with Gasteiger partial charge in [0.25, 0.3) is 0 Å². The first-order valence-corrected chi connectivity index (χ1v) is 12.9. The van der Waals surface area contributed by atoms with E-state index in [2.05, 4.69) is 34.5 Å². The normalized spacial score (nSPS) is 14.6. The number of nitrogens with zero attached hydrogens (tertiary/aromatic N) is 2. The van der Waals surface area contributed by atoms with Gasteiger partial charge in [-0.05, 0) is 68.5 Å². The minimum atomic E-state index is -3.55. The third kappa shape index (κ3) is 8.74. The van der Waals surface area contributed by atoms with E-state index in [-0.39, 0.29) is 10.8 Å². The van der Waals surface area contributed by atoms with Crippen LogP contribution in [0.15, 0.2) is 53.4 Å². The lowest BCUT2D eigenvalue weighted by atomic mass is 9.90. The summed E-state index contributed by atoms with van der Waals surface area (Å²) < 4.78 is 26.1. The van der Waals surface area contributed by atoms with Gasteiger partial charge >= 0.3 is 11.9 Å². The van der Waals surface area contributed by atoms with E-state index in [9.17, 15) is 13.2 Å². The van der Waals surface area contributed by atoms with Crippen molar-refractivity contribution in [1.29, 1.82) is 0 Å². The number of hydrogen-bond donors (Lipinski definition) is 3. The molecule has 0 radical (unpaired) electrons. The zero-order valence-corrected chi connectivity index (χ0v) is 21.5. The van der Waals surface area contributed by atoms with Crippen LogP contribution >= 0.6 is 0 Å². The monoisotopic (exact) mass is 519 g/mol. The number of aryl methyl sites for hydroxylation is 1. The number of likely N-dealkylation sites (tertiary alicyclic amines) is 1. The van der Waals surface area contributed by atoms with E-state index in [0.717, 1.165) is 32.4 Å². The van der Waals surface area contributed by atoms with E-state index in [0.29, 0.717) is 23.7 Å². The number of piperidine rings is 1. The van der Waals surface area contributed by atoms with Crippen LogP contribution < -0.4 is 5.32 Å². The number of sulfonamides is 1. The van der Waals surface area contributed by atoms with Gasteiger partial charge in [-0.25, -0.2) is 22.3 Å². The van der Waals surface area contributed by atoms with Crippen LogP contribution in [0.3, 0.4) is 0 Å². The molecule has 0 spiro atoms. The van der Waals surface area contributed by atoms with Crippen molar-refractivity contribution in [3.63, 3.8) is 0 Å². The lowest BCUT2D eigenvalue weighted by Gasteiger charge is -2.31. The highest BCUT2D eigenvalue weighted by Gasteiger charge is 2.23. The Balaban J connectivity index is 0.000000678. The van der Waals surface area contributed by atoms with Gasteiger partial charge in [-0.1, -0.05) is 36.4 Å². The molecule has 1 amide bonds. The van der Waals surface area contributed by atoms with Gasteiger partial charge < -0.3 is 15.5 Å². The maximum absolute atomic E-state index is 12.5. The molecule has 1 aliphatic rings. The van der Waals surface area contributed by atoms with Gasteiger partial charge in [-0.15, -0.1) is 0 Å². The number of rotatable bonds is 7. The second-order valence-corrected chi connectivity index (χ2v) is 11.0. The summed E-state index contributed by atoms with van der Waals surface area (Å²) in [6, 6.07) is 15.5. The van der Waals surface area contributed by atoms with Crippen LogP contribution in [0.2, 0.25) is 0 Å². The number of anilines is 1. The predicted molar refractivity (Wildman–Crippen MR) is 135 cm³/mol. The molecule has 0 atom stereocenters. The van der Waals surface area contributed by atoms with Crippen molar-refractivity contribution in [2.24, 2.45) is 5.92 Å². The van der Waals surface area contributed by atoms with Gasteiger partial charge in [0, 0.05) is 19.8 Å². The van der Waals surface area contributed by atoms with Gasteiger partial charge in [-0.3, -0.25) is 9.69 Å². The summed E-state index contributed by atoms with van der Waals surface area (Å²) in [5.74, 6) is -3.11. The molecular weight excluding hydrogens is 486 g/mol. The highest BCUT2D eigenvalue weighted by molar-refractivity contribution is 7.89. The van der Waals surface area contributed by atoms with Crippen LogP contribution in [0.4, 0.5) is 5.69 Å². The molecule has 1 aliphatic heterocycles. The number of nitrogens with one attached hydrogen (secondary N) is 1. The molecule has 196 valence electrons. The zero-order chi connectivity index (χ0) is 26.9. The Bertz CT molecular complexity index is 1150. The molecule has 2 aromatic rings. The van der Waals surface area contributed by atoms with E-state index in [1.54, 1.807) is 19.1 Å². The Morgan fingerprint density at radius 2 is 1.58 bits per heavy atom. The Kier molecular flexibility index (Phi) is 10.6. The van der Waals surface area contributed by atoms with Gasteiger partial charge in [0.2, 0.25) is 15.9 Å². The molecule has 0 aliphatic carbocycles. The molecule has 11 heteroatoms. The molecule has 3 rings (SSSR count). The maximum Gasteiger partial charge on any atom is 0.414 e. The molecule has 0 bridgehead atoms. The third-order valence-electron chi connectivity index (χ3n) is 5.86. The van der Waals surface area contributed by atoms with Gasteiger partial charge in [0.05, 0.1) is 11.4 Å². The molecule has 0 saturated carbocycles. The van der Waals surface area contributed by atoms with Crippen molar-refractivity contribution in [3.05, 3.63) is 59.7 Å². The van der Waals surface area contributed by atoms with Crippen LogP contribution in [-0.2, 0) is 30.8 Å². The van der Waals surface area contributed by atoms with Crippen LogP contribution in [0.25, 0.3) is 0 Å². The molecule has 0 unspecified atom stereocenters. The first kappa shape index (κ1) is 29.0. The molecular formula is C25H33N3O7S. The number of benzene rings is 2. The van der Waals surface area contributed by atoms with Gasteiger partial charge in [0.15, 0.2) is 0 Å². The summed E-state index contributed by atoms with van der Waals surface area (Å²) in [5.41, 5.74) is 2.53. The standard InChI is InChI=1S/C23H31N3O3S.C2H2O4/c1-18-9-10-21(16-22(18)30(28,29)25(2)3)24-23(27)17-26-13-11-20(12-14-26)15-19-7-5-4-6-8-19;3-1(4)2(5)6/h4-10,16,20H,11-15,17H2,1-3H3,(H,24,27);(H,3,4)(H,5,6). The van der Waals surface area contributed by atoms with E-state index in [1.807, 2.05) is 6.07 Å². The Hall–Kier alpha value is -3.28. The quantitative estimate of drug-likeness (QED) is 0.473. The number of carbonyl (C=O) groups excluding carboxylic acids is 1. The minimum Gasteiger partial charge on any atom is -0.473 e. The number of aliphatic carboxylic acids is 2. The average molecular weight is 520 g/mol. The number of carboxylic acid groups (broad SMARTS) is 2. The van der Waals surface area contributed by atoms with E-state index in [1.165, 1.54) is 30.0 Å². The third-order valence-corrected chi connectivity index (χ3v) is 7.81. The second-order valence-electron chi connectivity index (χ2n) is 8.84. The van der Waals surface area contributed by atoms with E-state index < -0.39 is 22.0 Å². The molecule has 1 fully saturated rings. The molecule has 3 N–H and O–H groups in total. The molecule has 1 saturated heterocycles. The van der Waals surface area contributed by atoms with E-state index in [4.69, 9.17) is 19.8 Å².